The Kier molecular flexibility index (Phi) is 96.6. The molecule has 0 amide bonds. The van der Waals surface area contributed by atoms with E-state index in [1.54, 1.807) is 0 Å². The van der Waals surface area contributed by atoms with Crippen molar-refractivity contribution in [1.82, 2.24) is 0 Å². The van der Waals surface area contributed by atoms with Crippen molar-refractivity contribution in [3.63, 3.8) is 0 Å². The normalized spacial score (nSPS) is 3.00. The molecule has 0 aromatic heterocycles. The van der Waals surface area contributed by atoms with Crippen molar-refractivity contribution in [2.75, 3.05) is 0 Å². The molecule has 2 N–H and O–H groups in total. The van der Waals surface area contributed by atoms with Crippen LogP contribution in [0.5, 0.6) is 0 Å². The van der Waals surface area contributed by atoms with Crippen LogP contribution in [-0.4, -0.2) is 33.7 Å². The van der Waals surface area contributed by atoms with Crippen molar-refractivity contribution < 1.29 is 81.7 Å². The van der Waals surface area contributed by atoms with Crippen LogP contribution in [0.25, 0.3) is 0 Å². The maximum atomic E-state index is 8.56. The third kappa shape index (κ3) is 117. The summed E-state index contributed by atoms with van der Waals surface area (Å²) in [6.07, 6.45) is -1.83. The minimum Gasteiger partial charge on any atom is -1.00 e. The third-order valence-electron chi connectivity index (χ3n) is 0. The summed E-state index contributed by atoms with van der Waals surface area (Å²) in [7, 11) is 0. The van der Waals surface area contributed by atoms with E-state index in [-0.39, 0.29) is 84.0 Å². The van der Waals surface area contributed by atoms with Crippen LogP contribution in [-0.2, 0) is 0 Å². The van der Waals surface area contributed by atoms with Crippen LogP contribution in [0.1, 0.15) is 2.85 Å². The summed E-state index contributed by atoms with van der Waals surface area (Å²) < 4.78 is 0. The number of hydrogen-bond acceptors (Lipinski definition) is 1. The van der Waals surface area contributed by atoms with Crippen molar-refractivity contribution in [3.05, 3.63) is 0 Å². The summed E-state index contributed by atoms with van der Waals surface area (Å²) in [5.74, 6) is 0. The number of rotatable bonds is 0. The van der Waals surface area contributed by atoms with E-state index in [0.717, 1.165) is 0 Å². The number of hydrogen-bond donors (Lipinski definition) is 2. The second kappa shape index (κ2) is 23.3. The Morgan fingerprint density at radius 3 is 1.25 bits per heavy atom. The van der Waals surface area contributed by atoms with E-state index in [4.69, 9.17) is 15.0 Å². The van der Waals surface area contributed by atoms with Gasteiger partial charge in [-0.3, -0.25) is 4.70 Å². The van der Waals surface area contributed by atoms with Crippen molar-refractivity contribution in [2.24, 2.45) is 0 Å². The van der Waals surface area contributed by atoms with Crippen molar-refractivity contribution in [3.8, 4) is 0 Å². The minimum absolute atomic E-state index is 0. The second-order valence-electron chi connectivity index (χ2n) is 0.283. The predicted octanol–water partition coefficient (Wildman–Crippen LogP) is -6.58. The van der Waals surface area contributed by atoms with Crippen molar-refractivity contribution >= 4 is 23.5 Å². The van der Waals surface area contributed by atoms with Crippen LogP contribution < -0.4 is 59.1 Å². The third-order valence-corrected chi connectivity index (χ3v) is 0. The number of halogens is 1. The molecule has 0 atom stereocenters. The molecule has 0 aliphatic carbocycles. The average molecular weight is 160 g/mol. The molecule has 0 aliphatic rings. The molecule has 8 heavy (non-hydrogen) atoms. The summed E-state index contributed by atoms with van der Waals surface area (Å²) in [5.41, 5.74) is 0. The second-order valence-corrected chi connectivity index (χ2v) is 0.283. The fourth-order valence-corrected chi connectivity index (χ4v) is 0. The van der Waals surface area contributed by atoms with Gasteiger partial charge in [0.25, 0.3) is 0 Å². The molecule has 0 spiro atoms. The van der Waals surface area contributed by atoms with E-state index in [1.165, 1.54) is 0 Å². The molecule has 0 fully saturated rings. The number of carboxylic acid groups (broad SMARTS) is 2. The van der Waals surface area contributed by atoms with Gasteiger partial charge in [-0.05, 0) is 0 Å². The molecular formula is CH8AlFNa2O3. The number of carbonyl (C=O) groups is 1. The summed E-state index contributed by atoms with van der Waals surface area (Å²) >= 11 is 0. The van der Waals surface area contributed by atoms with E-state index >= 15 is 0 Å². The molecule has 0 heterocycles. The first kappa shape index (κ1) is 33.1. The van der Waals surface area contributed by atoms with Crippen LogP contribution in [0, 0.1) is 0 Å². The molecule has 0 saturated heterocycles. The van der Waals surface area contributed by atoms with E-state index in [2.05, 4.69) is 0 Å². The van der Waals surface area contributed by atoms with Gasteiger partial charge in [-0.25, -0.2) is 4.79 Å². The van der Waals surface area contributed by atoms with Crippen LogP contribution in [0.3, 0.4) is 0 Å². The van der Waals surface area contributed by atoms with Gasteiger partial charge in [0.05, 0.1) is 0 Å². The first-order valence-electron chi connectivity index (χ1n) is 0.651. The quantitative estimate of drug-likeness (QED) is 0.346. The molecule has 7 heteroatoms. The Labute approximate surface area is 104 Å². The Bertz CT molecular complexity index is 47.5. The Morgan fingerprint density at radius 2 is 1.25 bits per heavy atom. The van der Waals surface area contributed by atoms with Gasteiger partial charge in [-0.1, -0.05) is 0 Å². The smallest absolute Gasteiger partial charge is 1.00 e. The molecule has 0 aromatic rings. The largest absolute Gasteiger partial charge is 1.00 e. The summed E-state index contributed by atoms with van der Waals surface area (Å²) in [6, 6.07) is 0. The van der Waals surface area contributed by atoms with Gasteiger partial charge in [0.1, 0.15) is 0 Å². The Balaban J connectivity index is -0.00000000300. The fraction of sp³-hybridized carbons (Fsp3) is 0. The van der Waals surface area contributed by atoms with E-state index < -0.39 is 6.16 Å². The molecule has 42 valence electrons. The maximum Gasteiger partial charge on any atom is 1.00 e. The molecule has 0 saturated carbocycles. The zero-order chi connectivity index (χ0) is 3.58. The van der Waals surface area contributed by atoms with E-state index in [0.29, 0.717) is 0 Å². The topological polar surface area (TPSA) is 57.5 Å². The van der Waals surface area contributed by atoms with Gasteiger partial charge in [0.15, 0.2) is 17.4 Å². The fourth-order valence-electron chi connectivity index (χ4n) is 0. The summed E-state index contributed by atoms with van der Waals surface area (Å²) in [6.45, 7) is 0. The van der Waals surface area contributed by atoms with Gasteiger partial charge in [0, 0.05) is 0 Å². The summed E-state index contributed by atoms with van der Waals surface area (Å²) in [5, 5.41) is 13.9. The van der Waals surface area contributed by atoms with Crippen LogP contribution in [0.2, 0.25) is 0 Å². The summed E-state index contributed by atoms with van der Waals surface area (Å²) in [4.78, 5) is 8.56. The van der Waals surface area contributed by atoms with Gasteiger partial charge < -0.3 is 13.1 Å². The minimum atomic E-state index is -1.83. The molecule has 0 aliphatic heterocycles. The van der Waals surface area contributed by atoms with Gasteiger partial charge in [-0.2, -0.15) is 0 Å². The first-order valence-corrected chi connectivity index (χ1v) is 0.651. The van der Waals surface area contributed by atoms with E-state index in [9.17, 15) is 0 Å². The standard InChI is InChI=1S/CH2O3.Al.FH.2Na.5H/c2-1(3)4;;;;;;;;;/h(H2,2,3,4);;1H;;;;;;;/q;;;2*+1;;;;2*-1. The molecule has 0 rings (SSSR count). The van der Waals surface area contributed by atoms with Crippen molar-refractivity contribution in [1.29, 1.82) is 0 Å². The Morgan fingerprint density at radius 1 is 1.25 bits per heavy atom. The Hall–Kier alpha value is 1.73. The average Bonchev–Trinajstić information content (AvgIpc) is 0.811. The van der Waals surface area contributed by atoms with Crippen LogP contribution in [0.4, 0.5) is 9.50 Å². The van der Waals surface area contributed by atoms with Gasteiger partial charge in [-0.15, -0.1) is 0 Å². The first-order chi connectivity index (χ1) is 1.73. The molecule has 0 bridgehead atoms. The SMILES string of the molecule is F.O=C(O)O.[AlH3].[H-].[H-].[Na+].[Na+]. The van der Waals surface area contributed by atoms with Crippen molar-refractivity contribution in [2.45, 2.75) is 0 Å². The van der Waals surface area contributed by atoms with Crippen LogP contribution >= 0.6 is 0 Å². The van der Waals surface area contributed by atoms with Crippen LogP contribution in [0.15, 0.2) is 0 Å². The molecule has 0 radical (unpaired) electrons. The van der Waals surface area contributed by atoms with Gasteiger partial charge >= 0.3 is 65.3 Å². The zero-order valence-corrected chi connectivity index (χ0v) is 8.21. The molecule has 3 nitrogen and oxygen atoms in total. The molecule has 0 unspecified atom stereocenters. The monoisotopic (exact) mass is 160 g/mol. The van der Waals surface area contributed by atoms with E-state index in [1.807, 2.05) is 0 Å². The van der Waals surface area contributed by atoms with Gasteiger partial charge in [0.2, 0.25) is 0 Å². The predicted molar refractivity (Wildman–Crippen MR) is 25.3 cm³/mol. The zero-order valence-electron chi connectivity index (χ0n) is 6.21. The molecular weight excluding hydrogens is 152 g/mol. The molecule has 0 aromatic carbocycles. The maximum absolute atomic E-state index is 8.56.